The Labute approximate surface area is 97.3 Å². The normalized spacial score (nSPS) is 14.5. The van der Waals surface area contributed by atoms with E-state index < -0.39 is 0 Å². The summed E-state index contributed by atoms with van der Waals surface area (Å²) < 4.78 is 0. The molecule has 1 nitrogen and oxygen atoms in total. The first-order valence-corrected chi connectivity index (χ1v) is 5.21. The molecule has 0 radical (unpaired) electrons. The van der Waals surface area contributed by atoms with Gasteiger partial charge in [0.2, 0.25) is 0 Å². The predicted octanol–water partition coefficient (Wildman–Crippen LogP) is 3.23. The van der Waals surface area contributed by atoms with Crippen LogP contribution in [0.5, 0.6) is 0 Å². The van der Waals surface area contributed by atoms with E-state index in [0.29, 0.717) is 0 Å². The van der Waals surface area contributed by atoms with Crippen molar-refractivity contribution in [3.8, 4) is 12.3 Å². The third-order valence-corrected chi connectivity index (χ3v) is 2.05. The second kappa shape index (κ2) is 7.29. The predicted molar refractivity (Wildman–Crippen MR) is 70.4 cm³/mol. The van der Waals surface area contributed by atoms with E-state index >= 15 is 0 Å². The minimum atomic E-state index is 0.780. The number of terminal acetylenes is 1. The molecule has 0 fully saturated rings. The molecule has 0 atom stereocenters. The van der Waals surface area contributed by atoms with Gasteiger partial charge in [0, 0.05) is 12.3 Å². The van der Waals surface area contributed by atoms with Gasteiger partial charge in [-0.15, -0.1) is 12.2 Å². The number of rotatable bonds is 3. The Balaban J connectivity index is 2.48. The number of allylic oxidation sites excluding steroid dienone is 6. The monoisotopic (exact) mass is 209 g/mol. The molecule has 0 aromatic carbocycles. The van der Waals surface area contributed by atoms with Crippen molar-refractivity contribution in [1.29, 1.82) is 0 Å². The third kappa shape index (κ3) is 5.00. The van der Waals surface area contributed by atoms with Crippen molar-refractivity contribution in [3.63, 3.8) is 0 Å². The molecule has 0 aromatic rings. The average molecular weight is 209 g/mol. The van der Waals surface area contributed by atoms with Gasteiger partial charge in [0.1, 0.15) is 0 Å². The Hall–Kier alpha value is -2.03. The molecule has 0 aromatic heterocycles. The summed E-state index contributed by atoms with van der Waals surface area (Å²) in [5, 5.41) is 0. The molecule has 1 heterocycles. The van der Waals surface area contributed by atoms with E-state index in [1.165, 1.54) is 11.1 Å². The number of hydrogen-bond acceptors (Lipinski definition) is 1. The van der Waals surface area contributed by atoms with Crippen molar-refractivity contribution in [2.24, 2.45) is 4.99 Å². The molecule has 0 bridgehead atoms. The average Bonchev–Trinajstić information content (AvgIpc) is 2.49. The largest absolute Gasteiger partial charge is 0.288 e. The highest BCUT2D eigenvalue weighted by atomic mass is 14.7. The van der Waals surface area contributed by atoms with Crippen molar-refractivity contribution < 1.29 is 0 Å². The van der Waals surface area contributed by atoms with Crippen LogP contribution in [0.15, 0.2) is 58.3 Å². The van der Waals surface area contributed by atoms with Crippen LogP contribution in [-0.2, 0) is 0 Å². The molecule has 0 unspecified atom stereocenters. The molecule has 0 spiro atoms. The molecular weight excluding hydrogens is 194 g/mol. The Morgan fingerprint density at radius 1 is 1.50 bits per heavy atom. The van der Waals surface area contributed by atoms with E-state index in [4.69, 9.17) is 6.42 Å². The van der Waals surface area contributed by atoms with Gasteiger partial charge in [-0.25, -0.2) is 0 Å². The van der Waals surface area contributed by atoms with Crippen molar-refractivity contribution in [3.05, 3.63) is 53.3 Å². The second-order valence-corrected chi connectivity index (χ2v) is 3.48. The van der Waals surface area contributed by atoms with Gasteiger partial charge in [0.25, 0.3) is 0 Å². The zero-order valence-corrected chi connectivity index (χ0v) is 9.48. The summed E-state index contributed by atoms with van der Waals surface area (Å²) in [6.45, 7) is 2.83. The van der Waals surface area contributed by atoms with Crippen molar-refractivity contribution in [2.75, 3.05) is 6.54 Å². The van der Waals surface area contributed by atoms with Gasteiger partial charge in [-0.05, 0) is 30.6 Å². The number of aliphatic imine (C=N–C) groups is 1. The molecule has 80 valence electrons. The first kappa shape index (κ1) is 12.0. The van der Waals surface area contributed by atoms with Gasteiger partial charge in [-0.2, -0.15) is 0 Å². The van der Waals surface area contributed by atoms with Crippen molar-refractivity contribution in [1.82, 2.24) is 0 Å². The van der Waals surface area contributed by atoms with Gasteiger partial charge in [0.05, 0.1) is 6.54 Å². The molecule has 0 saturated carbocycles. The summed E-state index contributed by atoms with van der Waals surface area (Å²) >= 11 is 0. The maximum absolute atomic E-state index is 5.05. The van der Waals surface area contributed by atoms with Gasteiger partial charge in [0.15, 0.2) is 0 Å². The summed E-state index contributed by atoms with van der Waals surface area (Å²) in [5.74, 6) is 2.38. The number of nitrogens with zero attached hydrogens (tertiary/aromatic N) is 1. The zero-order chi connectivity index (χ0) is 11.6. The highest BCUT2D eigenvalue weighted by Crippen LogP contribution is 2.07. The van der Waals surface area contributed by atoms with Crippen LogP contribution in [0.25, 0.3) is 0 Å². The van der Waals surface area contributed by atoms with Crippen molar-refractivity contribution >= 4 is 6.21 Å². The molecule has 1 aliphatic heterocycles. The van der Waals surface area contributed by atoms with Crippen LogP contribution in [0.4, 0.5) is 0 Å². The summed E-state index contributed by atoms with van der Waals surface area (Å²) in [7, 11) is 0. The van der Waals surface area contributed by atoms with Gasteiger partial charge in [-0.1, -0.05) is 30.2 Å². The highest BCUT2D eigenvalue weighted by Gasteiger charge is 1.95. The Morgan fingerprint density at radius 3 is 3.19 bits per heavy atom. The molecule has 16 heavy (non-hydrogen) atoms. The lowest BCUT2D eigenvalue weighted by atomic mass is 10.1. The van der Waals surface area contributed by atoms with E-state index in [1.54, 1.807) is 6.08 Å². The Kier molecular flexibility index (Phi) is 5.48. The maximum atomic E-state index is 5.05. The van der Waals surface area contributed by atoms with Crippen LogP contribution < -0.4 is 0 Å². The van der Waals surface area contributed by atoms with Crippen LogP contribution in [0.2, 0.25) is 0 Å². The second-order valence-electron chi connectivity index (χ2n) is 3.48. The summed E-state index contributed by atoms with van der Waals surface area (Å²) in [6, 6.07) is 0. The molecule has 0 saturated heterocycles. The molecule has 1 heteroatoms. The quantitative estimate of drug-likeness (QED) is 0.384. The van der Waals surface area contributed by atoms with Crippen LogP contribution in [0, 0.1) is 12.3 Å². The topological polar surface area (TPSA) is 12.4 Å². The fourth-order valence-corrected chi connectivity index (χ4v) is 1.22. The third-order valence-electron chi connectivity index (χ3n) is 2.05. The molecule has 1 aliphatic rings. The number of hydrogen-bond donors (Lipinski definition) is 0. The van der Waals surface area contributed by atoms with E-state index in [2.05, 4.69) is 34.9 Å². The first-order chi connectivity index (χ1) is 7.83. The Morgan fingerprint density at radius 2 is 2.38 bits per heavy atom. The lowest BCUT2D eigenvalue weighted by Crippen LogP contribution is -1.85. The minimum absolute atomic E-state index is 0.780. The molecular formula is C15H15N. The summed E-state index contributed by atoms with van der Waals surface area (Å²) in [6.07, 6.45) is 19.5. The zero-order valence-electron chi connectivity index (χ0n) is 9.48. The first-order valence-electron chi connectivity index (χ1n) is 5.21. The van der Waals surface area contributed by atoms with E-state index in [9.17, 15) is 0 Å². The smallest absolute Gasteiger partial charge is 0.0605 e. The van der Waals surface area contributed by atoms with Gasteiger partial charge < -0.3 is 0 Å². The van der Waals surface area contributed by atoms with Gasteiger partial charge >= 0.3 is 0 Å². The van der Waals surface area contributed by atoms with Crippen molar-refractivity contribution in [2.45, 2.75) is 13.3 Å². The van der Waals surface area contributed by atoms with E-state index in [1.807, 2.05) is 25.3 Å². The Bertz CT molecular complexity index is 444. The fraction of sp³-hybridized carbons (Fsp3) is 0.200. The molecule has 0 aliphatic carbocycles. The summed E-state index contributed by atoms with van der Waals surface area (Å²) in [5.41, 5.74) is 5.35. The SMILES string of the molecule is C#CC=C=C/C=C\CC1=CC=C(C)C=NC1. The van der Waals surface area contributed by atoms with Crippen LogP contribution in [-0.4, -0.2) is 12.8 Å². The molecule has 0 N–H and O–H groups in total. The molecule has 0 amide bonds. The van der Waals surface area contributed by atoms with Crippen LogP contribution >= 0.6 is 0 Å². The van der Waals surface area contributed by atoms with E-state index in [0.717, 1.165) is 13.0 Å². The van der Waals surface area contributed by atoms with E-state index in [-0.39, 0.29) is 0 Å². The van der Waals surface area contributed by atoms with Gasteiger partial charge in [-0.3, -0.25) is 4.99 Å². The minimum Gasteiger partial charge on any atom is -0.288 e. The molecule has 1 rings (SSSR count). The lowest BCUT2D eigenvalue weighted by Gasteiger charge is -1.96. The van der Waals surface area contributed by atoms with Crippen LogP contribution in [0.1, 0.15) is 13.3 Å². The fourth-order valence-electron chi connectivity index (χ4n) is 1.22. The lowest BCUT2D eigenvalue weighted by molar-refractivity contribution is 1.08. The standard InChI is InChI=1S/C15H15N/c1-3-4-5-6-7-8-9-15-11-10-14(2)12-16-13-15/h1,4,6-8,10-12H,9,13H2,2H3/b8-7-. The highest BCUT2D eigenvalue weighted by molar-refractivity contribution is 5.78. The summed E-state index contributed by atoms with van der Waals surface area (Å²) in [4.78, 5) is 4.31. The maximum Gasteiger partial charge on any atom is 0.0605 e. The van der Waals surface area contributed by atoms with Crippen LogP contribution in [0.3, 0.4) is 0 Å².